The molecule has 0 bridgehead atoms. The van der Waals surface area contributed by atoms with E-state index in [2.05, 4.69) is 25.7 Å². The molecule has 2 rings (SSSR count). The van der Waals surface area contributed by atoms with Crippen molar-refractivity contribution in [3.63, 3.8) is 0 Å². The number of nitrogens with zero attached hydrogens (tertiary/aromatic N) is 7. The fourth-order valence-electron chi connectivity index (χ4n) is 1.24. The van der Waals surface area contributed by atoms with Crippen LogP contribution >= 0.6 is 11.8 Å². The minimum Gasteiger partial charge on any atom is -0.409 e. The lowest BCUT2D eigenvalue weighted by Gasteiger charge is -2.03. The van der Waals surface area contributed by atoms with Crippen LogP contribution in [0.2, 0.25) is 0 Å². The Morgan fingerprint density at radius 1 is 1.65 bits per heavy atom. The Labute approximate surface area is 115 Å². The third-order valence-electron chi connectivity index (χ3n) is 2.20. The van der Waals surface area contributed by atoms with Crippen LogP contribution in [0.3, 0.4) is 0 Å². The lowest BCUT2D eigenvalue weighted by Crippen LogP contribution is -2.14. The molecular formula is C8H8N8O3S. The maximum atomic E-state index is 11.0. The number of nitro groups is 1. The summed E-state index contributed by atoms with van der Waals surface area (Å²) < 4.78 is 1.35. The van der Waals surface area contributed by atoms with Crippen LogP contribution in [0.4, 0.5) is 5.69 Å². The first kappa shape index (κ1) is 13.7. The maximum absolute atomic E-state index is 11.0. The molecule has 0 aliphatic heterocycles. The van der Waals surface area contributed by atoms with E-state index >= 15 is 0 Å². The second-order valence-electron chi connectivity index (χ2n) is 3.48. The van der Waals surface area contributed by atoms with E-state index < -0.39 is 4.92 Å². The Hall–Kier alpha value is -2.76. The van der Waals surface area contributed by atoms with Gasteiger partial charge in [-0.3, -0.25) is 10.1 Å². The van der Waals surface area contributed by atoms with Crippen LogP contribution in [0.1, 0.15) is 5.56 Å². The van der Waals surface area contributed by atoms with Crippen LogP contribution in [-0.2, 0) is 7.05 Å². The summed E-state index contributed by atoms with van der Waals surface area (Å²) in [5.41, 5.74) is 5.22. The van der Waals surface area contributed by atoms with Crippen molar-refractivity contribution in [1.29, 1.82) is 0 Å². The molecule has 2 aromatic heterocycles. The highest BCUT2D eigenvalue weighted by Gasteiger charge is 2.20. The zero-order chi connectivity index (χ0) is 14.7. The van der Waals surface area contributed by atoms with Gasteiger partial charge >= 0.3 is 5.69 Å². The molecule has 0 saturated carbocycles. The van der Waals surface area contributed by atoms with Gasteiger partial charge < -0.3 is 10.9 Å². The summed E-state index contributed by atoms with van der Waals surface area (Å²) in [6.07, 6.45) is 1.26. The number of rotatable bonds is 4. The average molecular weight is 296 g/mol. The molecule has 0 radical (unpaired) electrons. The van der Waals surface area contributed by atoms with E-state index in [1.807, 2.05) is 0 Å². The first-order valence-corrected chi connectivity index (χ1v) is 5.87. The van der Waals surface area contributed by atoms with Gasteiger partial charge in [-0.05, 0) is 22.2 Å². The summed E-state index contributed by atoms with van der Waals surface area (Å²) in [5, 5.41) is 33.6. The third kappa shape index (κ3) is 2.64. The normalized spacial score (nSPS) is 11.6. The van der Waals surface area contributed by atoms with E-state index in [4.69, 9.17) is 10.9 Å². The predicted octanol–water partition coefficient (Wildman–Crippen LogP) is -0.241. The minimum atomic E-state index is -0.618. The monoisotopic (exact) mass is 296 g/mol. The van der Waals surface area contributed by atoms with Gasteiger partial charge in [0.05, 0.1) is 4.92 Å². The molecule has 0 aromatic carbocycles. The van der Waals surface area contributed by atoms with Gasteiger partial charge in [0.25, 0.3) is 0 Å². The number of aromatic nitrogens is 5. The highest BCUT2D eigenvalue weighted by atomic mass is 32.2. The molecule has 20 heavy (non-hydrogen) atoms. The molecule has 0 amide bonds. The van der Waals surface area contributed by atoms with Crippen molar-refractivity contribution in [2.24, 2.45) is 17.9 Å². The molecule has 2 heterocycles. The topological polar surface area (TPSA) is 158 Å². The number of hydrogen-bond acceptors (Lipinski definition) is 9. The second kappa shape index (κ2) is 5.48. The van der Waals surface area contributed by atoms with Crippen LogP contribution in [0.15, 0.2) is 27.6 Å². The van der Waals surface area contributed by atoms with E-state index in [1.54, 1.807) is 7.05 Å². The number of nitrogens with two attached hydrogens (primary N) is 1. The lowest BCUT2D eigenvalue weighted by atomic mass is 10.2. The summed E-state index contributed by atoms with van der Waals surface area (Å²) >= 11 is 0.935. The zero-order valence-electron chi connectivity index (χ0n) is 10.0. The average Bonchev–Trinajstić information content (AvgIpc) is 2.83. The molecule has 0 atom stereocenters. The summed E-state index contributed by atoms with van der Waals surface area (Å²) in [4.78, 5) is 14.4. The second-order valence-corrected chi connectivity index (χ2v) is 4.43. The first-order valence-electron chi connectivity index (χ1n) is 5.05. The van der Waals surface area contributed by atoms with Crippen molar-refractivity contribution < 1.29 is 10.1 Å². The van der Waals surface area contributed by atoms with Crippen LogP contribution in [0.25, 0.3) is 0 Å². The minimum absolute atomic E-state index is 0.0994. The van der Waals surface area contributed by atoms with Crippen molar-refractivity contribution in [3.05, 3.63) is 27.9 Å². The van der Waals surface area contributed by atoms with Crippen molar-refractivity contribution in [2.45, 2.75) is 10.2 Å². The van der Waals surface area contributed by atoms with Gasteiger partial charge in [-0.25, -0.2) is 9.67 Å². The van der Waals surface area contributed by atoms with Gasteiger partial charge in [0, 0.05) is 24.9 Å². The molecule has 12 heteroatoms. The van der Waals surface area contributed by atoms with Crippen molar-refractivity contribution in [2.75, 3.05) is 0 Å². The molecule has 104 valence electrons. The molecule has 3 N–H and O–H groups in total. The lowest BCUT2D eigenvalue weighted by molar-refractivity contribution is -0.388. The summed E-state index contributed by atoms with van der Waals surface area (Å²) in [5.74, 6) is -0.266. The van der Waals surface area contributed by atoms with Gasteiger partial charge in [-0.2, -0.15) is 0 Å². The van der Waals surface area contributed by atoms with Crippen molar-refractivity contribution >= 4 is 23.3 Å². The Bertz CT molecular complexity index is 684. The number of tetrazole rings is 1. The van der Waals surface area contributed by atoms with Gasteiger partial charge in [-0.15, -0.1) is 5.10 Å². The fraction of sp³-hybridized carbons (Fsp3) is 0.125. The largest absolute Gasteiger partial charge is 0.409 e. The molecule has 11 nitrogen and oxygen atoms in total. The number of aryl methyl sites for hydroxylation is 1. The van der Waals surface area contributed by atoms with Crippen LogP contribution in [0.5, 0.6) is 0 Å². The standard InChI is InChI=1S/C8H8N8O3S/c1-15-8(11-13-14-15)20-7-5(16(18)19)2-4(3-10-7)6(9)12-17/h2-3,17H,1H3,(H2,9,12). The van der Waals surface area contributed by atoms with E-state index in [9.17, 15) is 10.1 Å². The molecule has 0 aliphatic carbocycles. The molecule has 0 spiro atoms. The summed E-state index contributed by atoms with van der Waals surface area (Å²) in [7, 11) is 1.60. The van der Waals surface area contributed by atoms with Crippen LogP contribution < -0.4 is 5.73 Å². The van der Waals surface area contributed by atoms with E-state index in [0.717, 1.165) is 17.8 Å². The van der Waals surface area contributed by atoms with Gasteiger partial charge in [0.1, 0.15) is 0 Å². The molecule has 0 fully saturated rings. The maximum Gasteiger partial charge on any atom is 0.302 e. The molecule has 0 unspecified atom stereocenters. The number of amidine groups is 1. The van der Waals surface area contributed by atoms with Gasteiger partial charge in [0.2, 0.25) is 5.16 Å². The molecule has 0 aliphatic rings. The highest BCUT2D eigenvalue weighted by molar-refractivity contribution is 7.99. The summed E-state index contributed by atoms with van der Waals surface area (Å²) in [6.45, 7) is 0. The Morgan fingerprint density at radius 2 is 2.40 bits per heavy atom. The van der Waals surface area contributed by atoms with E-state index in [0.29, 0.717) is 5.16 Å². The van der Waals surface area contributed by atoms with Gasteiger partial charge in [0.15, 0.2) is 10.9 Å². The summed E-state index contributed by atoms with van der Waals surface area (Å²) in [6, 6.07) is 1.16. The molecule has 0 saturated heterocycles. The highest BCUT2D eigenvalue weighted by Crippen LogP contribution is 2.31. The van der Waals surface area contributed by atoms with Crippen molar-refractivity contribution in [3.8, 4) is 0 Å². The Kier molecular flexibility index (Phi) is 3.74. The fourth-order valence-corrected chi connectivity index (χ4v) is 2.00. The first-order chi connectivity index (χ1) is 9.52. The smallest absolute Gasteiger partial charge is 0.302 e. The van der Waals surface area contributed by atoms with Crippen LogP contribution in [0, 0.1) is 10.1 Å². The van der Waals surface area contributed by atoms with E-state index in [-0.39, 0.29) is 22.1 Å². The quantitative estimate of drug-likeness (QED) is 0.255. The SMILES string of the molecule is Cn1nnnc1Sc1ncc(C(N)=NO)cc1[N+](=O)[O-]. The van der Waals surface area contributed by atoms with E-state index in [1.165, 1.54) is 10.9 Å². The molecule has 2 aromatic rings. The molecular weight excluding hydrogens is 288 g/mol. The zero-order valence-corrected chi connectivity index (χ0v) is 10.9. The van der Waals surface area contributed by atoms with Gasteiger partial charge in [-0.1, -0.05) is 5.16 Å². The number of pyridine rings is 1. The Morgan fingerprint density at radius 3 is 2.95 bits per heavy atom. The predicted molar refractivity (Wildman–Crippen MR) is 66.3 cm³/mol. The Balaban J connectivity index is 2.43. The van der Waals surface area contributed by atoms with Crippen LogP contribution in [-0.4, -0.2) is 41.2 Å². The third-order valence-corrected chi connectivity index (χ3v) is 3.24. The number of oxime groups is 1. The van der Waals surface area contributed by atoms with Crippen molar-refractivity contribution in [1.82, 2.24) is 25.2 Å². The number of hydrogen-bond donors (Lipinski definition) is 2.